The van der Waals surface area contributed by atoms with Gasteiger partial charge in [0.15, 0.2) is 0 Å². The number of urea groups is 1. The topological polar surface area (TPSA) is 49.4 Å². The number of amides is 3. The van der Waals surface area contributed by atoms with Gasteiger partial charge in [0, 0.05) is 17.4 Å². The Kier molecular flexibility index (Phi) is 7.60. The average molecular weight is 369 g/mol. The first-order valence-electron chi connectivity index (χ1n) is 8.28. The highest BCUT2D eigenvalue weighted by Crippen LogP contribution is 2.17. The minimum absolute atomic E-state index is 0.267. The van der Waals surface area contributed by atoms with E-state index in [1.165, 1.54) is 4.90 Å². The van der Waals surface area contributed by atoms with Crippen molar-refractivity contribution in [3.8, 4) is 0 Å². The molecule has 0 unspecified atom stereocenters. The molecule has 4 nitrogen and oxygen atoms in total. The molecule has 1 aromatic rings. The van der Waals surface area contributed by atoms with Gasteiger partial charge < -0.3 is 5.32 Å². The third-order valence-corrected chi connectivity index (χ3v) is 4.43. The number of imide groups is 1. The number of unbranched alkanes of at least 4 members (excludes halogenated alkanes) is 5. The lowest BCUT2D eigenvalue weighted by atomic mass is 10.1. The molecule has 1 aliphatic heterocycles. The van der Waals surface area contributed by atoms with Crippen molar-refractivity contribution in [3.63, 3.8) is 0 Å². The van der Waals surface area contributed by atoms with Crippen LogP contribution in [0.3, 0.4) is 0 Å². The summed E-state index contributed by atoms with van der Waals surface area (Å²) in [6.45, 7) is 0.456. The number of carbonyl (C=O) groups excluding carboxylic acids is 2. The Bertz CT molecular complexity index is 600. The van der Waals surface area contributed by atoms with Gasteiger partial charge in [-0.05, 0) is 36.6 Å². The second kappa shape index (κ2) is 9.70. The zero-order chi connectivity index (χ0) is 17.4. The van der Waals surface area contributed by atoms with Gasteiger partial charge in [-0.25, -0.2) is 4.79 Å². The fourth-order valence-corrected chi connectivity index (χ4v) is 2.89. The number of hydrogen-bond acceptors (Lipinski definition) is 2. The van der Waals surface area contributed by atoms with Crippen LogP contribution >= 0.6 is 23.2 Å². The molecule has 1 aliphatic rings. The van der Waals surface area contributed by atoms with Gasteiger partial charge in [-0.3, -0.25) is 9.69 Å². The van der Waals surface area contributed by atoms with Crippen LogP contribution < -0.4 is 5.32 Å². The Morgan fingerprint density at radius 1 is 0.958 bits per heavy atom. The van der Waals surface area contributed by atoms with E-state index in [0.717, 1.165) is 44.1 Å². The standard InChI is InChI=1S/C18H22Cl2N2O2/c19-11-5-3-1-2-4-6-12-22-17(23)16(21-18(22)24)13-14-7-9-15(20)10-8-14/h7-10,13H,1-6,11-12H2,(H,21,24)/b16-13+. The van der Waals surface area contributed by atoms with E-state index in [0.29, 0.717) is 23.1 Å². The van der Waals surface area contributed by atoms with Crippen molar-refractivity contribution in [2.24, 2.45) is 0 Å². The third kappa shape index (κ3) is 5.53. The number of benzene rings is 1. The first kappa shape index (κ1) is 18.8. The molecule has 0 radical (unpaired) electrons. The molecule has 0 bridgehead atoms. The fraction of sp³-hybridized carbons (Fsp3) is 0.444. The normalized spacial score (nSPS) is 16.1. The maximum atomic E-state index is 12.3. The van der Waals surface area contributed by atoms with E-state index in [9.17, 15) is 9.59 Å². The number of halogens is 2. The van der Waals surface area contributed by atoms with Gasteiger partial charge in [0.05, 0.1) is 0 Å². The van der Waals surface area contributed by atoms with Gasteiger partial charge in [-0.15, -0.1) is 11.6 Å². The summed E-state index contributed by atoms with van der Waals surface area (Å²) in [5.74, 6) is 0.447. The highest BCUT2D eigenvalue weighted by molar-refractivity contribution is 6.30. The first-order chi connectivity index (χ1) is 11.6. The SMILES string of the molecule is O=C1N/C(=C/c2ccc(Cl)cc2)C(=O)N1CCCCCCCCCl. The zero-order valence-electron chi connectivity index (χ0n) is 13.6. The molecule has 2 rings (SSSR count). The molecule has 0 saturated carbocycles. The molecule has 130 valence electrons. The predicted molar refractivity (Wildman–Crippen MR) is 98.1 cm³/mol. The lowest BCUT2D eigenvalue weighted by Gasteiger charge is -2.11. The summed E-state index contributed by atoms with van der Waals surface area (Å²) in [7, 11) is 0. The van der Waals surface area contributed by atoms with Crippen molar-refractivity contribution in [2.45, 2.75) is 38.5 Å². The highest BCUT2D eigenvalue weighted by Gasteiger charge is 2.32. The Labute approximate surface area is 152 Å². The highest BCUT2D eigenvalue weighted by atomic mass is 35.5. The maximum absolute atomic E-state index is 12.3. The molecule has 1 N–H and O–H groups in total. The summed E-state index contributed by atoms with van der Waals surface area (Å²) in [5.41, 5.74) is 1.13. The zero-order valence-corrected chi connectivity index (χ0v) is 15.1. The van der Waals surface area contributed by atoms with Crippen LogP contribution in [-0.2, 0) is 4.79 Å². The number of carbonyl (C=O) groups is 2. The summed E-state index contributed by atoms with van der Waals surface area (Å²) >= 11 is 11.5. The molecule has 0 atom stereocenters. The van der Waals surface area contributed by atoms with E-state index in [1.807, 2.05) is 0 Å². The van der Waals surface area contributed by atoms with Crippen molar-refractivity contribution < 1.29 is 9.59 Å². The maximum Gasteiger partial charge on any atom is 0.329 e. The molecule has 6 heteroatoms. The van der Waals surface area contributed by atoms with E-state index in [4.69, 9.17) is 23.2 Å². The monoisotopic (exact) mass is 368 g/mol. The quantitative estimate of drug-likeness (QED) is 0.294. The van der Waals surface area contributed by atoms with E-state index < -0.39 is 0 Å². The van der Waals surface area contributed by atoms with Crippen LogP contribution in [0.15, 0.2) is 30.0 Å². The molecule has 1 aromatic carbocycles. The minimum atomic E-state index is -0.345. The molecule has 3 amide bonds. The van der Waals surface area contributed by atoms with Crippen molar-refractivity contribution >= 4 is 41.2 Å². The number of alkyl halides is 1. The Hall–Kier alpha value is -1.52. The third-order valence-electron chi connectivity index (χ3n) is 3.91. The largest absolute Gasteiger partial charge is 0.329 e. The average Bonchev–Trinajstić information content (AvgIpc) is 2.83. The number of nitrogens with one attached hydrogen (secondary N) is 1. The molecule has 1 saturated heterocycles. The molecule has 24 heavy (non-hydrogen) atoms. The van der Waals surface area contributed by atoms with E-state index >= 15 is 0 Å². The summed E-state index contributed by atoms with van der Waals surface area (Å²) in [5, 5.41) is 3.27. The number of nitrogens with zero attached hydrogens (tertiary/aromatic N) is 1. The molecule has 0 aliphatic carbocycles. The van der Waals surface area contributed by atoms with Crippen molar-refractivity contribution in [3.05, 3.63) is 40.5 Å². The van der Waals surface area contributed by atoms with Crippen LogP contribution in [-0.4, -0.2) is 29.3 Å². The van der Waals surface area contributed by atoms with E-state index in [-0.39, 0.29) is 11.9 Å². The van der Waals surface area contributed by atoms with Crippen molar-refractivity contribution in [1.82, 2.24) is 10.2 Å². The number of hydrogen-bond donors (Lipinski definition) is 1. The number of rotatable bonds is 9. The Balaban J connectivity index is 1.82. The molecule has 1 heterocycles. The van der Waals surface area contributed by atoms with Gasteiger partial charge in [0.2, 0.25) is 0 Å². The Morgan fingerprint density at radius 3 is 2.25 bits per heavy atom. The molecular weight excluding hydrogens is 347 g/mol. The van der Waals surface area contributed by atoms with Crippen molar-refractivity contribution in [2.75, 3.05) is 12.4 Å². The second-order valence-corrected chi connectivity index (χ2v) is 6.62. The molecule has 0 spiro atoms. The van der Waals surface area contributed by atoms with Gasteiger partial charge >= 0.3 is 6.03 Å². The van der Waals surface area contributed by atoms with E-state index in [2.05, 4.69) is 5.32 Å². The summed E-state index contributed by atoms with van der Waals surface area (Å²) < 4.78 is 0. The molecular formula is C18H22Cl2N2O2. The molecule has 0 aromatic heterocycles. The van der Waals surface area contributed by atoms with E-state index in [1.54, 1.807) is 30.3 Å². The Morgan fingerprint density at radius 2 is 1.58 bits per heavy atom. The van der Waals surface area contributed by atoms with Crippen LogP contribution in [0.2, 0.25) is 5.02 Å². The van der Waals surface area contributed by atoms with Crippen LogP contribution in [0.1, 0.15) is 44.1 Å². The van der Waals surface area contributed by atoms with Gasteiger partial charge in [-0.1, -0.05) is 49.4 Å². The lowest BCUT2D eigenvalue weighted by molar-refractivity contribution is -0.122. The predicted octanol–water partition coefficient (Wildman–Crippen LogP) is 4.81. The summed E-state index contributed by atoms with van der Waals surface area (Å²) in [4.78, 5) is 25.6. The van der Waals surface area contributed by atoms with Gasteiger partial charge in [0.25, 0.3) is 5.91 Å². The summed E-state index contributed by atoms with van der Waals surface area (Å²) in [6.07, 6.45) is 7.95. The van der Waals surface area contributed by atoms with Crippen LogP contribution in [0, 0.1) is 0 Å². The van der Waals surface area contributed by atoms with Gasteiger partial charge in [-0.2, -0.15) is 0 Å². The van der Waals surface area contributed by atoms with Crippen LogP contribution in [0.4, 0.5) is 4.79 Å². The van der Waals surface area contributed by atoms with Crippen molar-refractivity contribution in [1.29, 1.82) is 0 Å². The lowest BCUT2D eigenvalue weighted by Crippen LogP contribution is -2.31. The van der Waals surface area contributed by atoms with Crippen LogP contribution in [0.5, 0.6) is 0 Å². The summed E-state index contributed by atoms with van der Waals surface area (Å²) in [6, 6.07) is 6.76. The first-order valence-corrected chi connectivity index (χ1v) is 9.19. The smallest absolute Gasteiger partial charge is 0.303 e. The minimum Gasteiger partial charge on any atom is -0.303 e. The second-order valence-electron chi connectivity index (χ2n) is 5.81. The van der Waals surface area contributed by atoms with Gasteiger partial charge in [0.1, 0.15) is 5.70 Å². The fourth-order valence-electron chi connectivity index (χ4n) is 2.57. The molecule has 1 fully saturated rings. The van der Waals surface area contributed by atoms with Crippen LogP contribution in [0.25, 0.3) is 6.08 Å².